The summed E-state index contributed by atoms with van der Waals surface area (Å²) in [6, 6.07) is 9.12. The zero-order chi connectivity index (χ0) is 18.1. The number of hydrogen-bond acceptors (Lipinski definition) is 5. The Morgan fingerprint density at radius 3 is 2.96 bits per heavy atom. The van der Waals surface area contributed by atoms with Crippen LogP contribution in [-0.4, -0.2) is 52.3 Å². The second-order valence-corrected chi connectivity index (χ2v) is 6.77. The molecule has 2 saturated heterocycles. The Labute approximate surface area is 150 Å². The van der Waals surface area contributed by atoms with Crippen molar-refractivity contribution in [3.05, 3.63) is 54.0 Å². The minimum Gasteiger partial charge on any atom is -0.508 e. The second-order valence-electron chi connectivity index (χ2n) is 6.77. The molecule has 0 bridgehead atoms. The van der Waals surface area contributed by atoms with Crippen LogP contribution < -0.4 is 4.74 Å². The van der Waals surface area contributed by atoms with Crippen LogP contribution in [0.5, 0.6) is 11.6 Å². The number of amides is 1. The number of phenols is 1. The number of hydrogen-bond donors (Lipinski definition) is 1. The van der Waals surface area contributed by atoms with Crippen molar-refractivity contribution in [1.29, 1.82) is 0 Å². The first-order valence-corrected chi connectivity index (χ1v) is 8.54. The lowest BCUT2D eigenvalue weighted by atomic mass is 9.84. The molecular weight excluding hydrogens is 339 g/mol. The van der Waals surface area contributed by atoms with Gasteiger partial charge in [-0.25, -0.2) is 9.37 Å². The van der Waals surface area contributed by atoms with Crippen molar-refractivity contribution >= 4 is 5.91 Å². The molecule has 0 aliphatic carbocycles. The lowest BCUT2D eigenvalue weighted by molar-refractivity contribution is -0.174. The molecule has 1 N–H and O–H groups in total. The van der Waals surface area contributed by atoms with Crippen molar-refractivity contribution < 1.29 is 23.8 Å². The number of carbonyl (C=O) groups is 1. The molecule has 2 aliphatic rings. The maximum absolute atomic E-state index is 13.7. The van der Waals surface area contributed by atoms with E-state index < -0.39 is 11.4 Å². The Morgan fingerprint density at radius 2 is 2.19 bits per heavy atom. The Hall–Kier alpha value is -2.67. The van der Waals surface area contributed by atoms with Gasteiger partial charge in [-0.1, -0.05) is 6.07 Å². The number of likely N-dealkylation sites (tertiary alicyclic amines) is 1. The van der Waals surface area contributed by atoms with E-state index in [1.807, 2.05) is 0 Å². The zero-order valence-electron chi connectivity index (χ0n) is 14.1. The van der Waals surface area contributed by atoms with Crippen molar-refractivity contribution in [2.24, 2.45) is 0 Å². The van der Waals surface area contributed by atoms with Gasteiger partial charge in [-0.3, -0.25) is 4.79 Å². The number of halogens is 1. The molecule has 0 radical (unpaired) electrons. The first-order valence-electron chi connectivity index (χ1n) is 8.54. The van der Waals surface area contributed by atoms with Crippen molar-refractivity contribution in [3.8, 4) is 11.6 Å². The van der Waals surface area contributed by atoms with Crippen LogP contribution in [0.1, 0.15) is 23.2 Å². The van der Waals surface area contributed by atoms with Gasteiger partial charge < -0.3 is 19.5 Å². The molecule has 1 atom stereocenters. The topological polar surface area (TPSA) is 71.9 Å². The first-order chi connectivity index (χ1) is 12.5. The number of aromatic nitrogens is 1. The fourth-order valence-corrected chi connectivity index (χ4v) is 3.53. The minimum atomic E-state index is -0.484. The van der Waals surface area contributed by atoms with Gasteiger partial charge in [-0.15, -0.1) is 0 Å². The van der Waals surface area contributed by atoms with Crippen LogP contribution in [0.2, 0.25) is 0 Å². The van der Waals surface area contributed by atoms with E-state index in [2.05, 4.69) is 4.98 Å². The van der Waals surface area contributed by atoms with Crippen LogP contribution in [0.3, 0.4) is 0 Å². The van der Waals surface area contributed by atoms with E-state index in [0.717, 1.165) is 0 Å². The molecule has 1 aromatic carbocycles. The predicted molar refractivity (Wildman–Crippen MR) is 90.5 cm³/mol. The number of benzene rings is 1. The summed E-state index contributed by atoms with van der Waals surface area (Å²) in [5.74, 6) is -0.566. The quantitative estimate of drug-likeness (QED) is 0.912. The number of carbonyl (C=O) groups excluding carboxylic acids is 1. The Bertz CT molecular complexity index is 823. The molecule has 1 spiro atoms. The van der Waals surface area contributed by atoms with E-state index in [1.54, 1.807) is 17.0 Å². The highest BCUT2D eigenvalue weighted by atomic mass is 19.1. The lowest BCUT2D eigenvalue weighted by Gasteiger charge is -2.52. The van der Waals surface area contributed by atoms with Crippen LogP contribution >= 0.6 is 0 Å². The number of aromatic hydroxyl groups is 1. The van der Waals surface area contributed by atoms with Gasteiger partial charge >= 0.3 is 0 Å². The highest BCUT2D eigenvalue weighted by Crippen LogP contribution is 2.36. The van der Waals surface area contributed by atoms with Crippen LogP contribution in [-0.2, 0) is 4.74 Å². The maximum Gasteiger partial charge on any atom is 0.254 e. The molecule has 2 fully saturated rings. The fourth-order valence-electron chi connectivity index (χ4n) is 3.53. The van der Waals surface area contributed by atoms with E-state index >= 15 is 0 Å². The van der Waals surface area contributed by atoms with Gasteiger partial charge in [0, 0.05) is 24.6 Å². The van der Waals surface area contributed by atoms with Crippen molar-refractivity contribution in [1.82, 2.24) is 9.88 Å². The van der Waals surface area contributed by atoms with E-state index in [4.69, 9.17) is 9.47 Å². The summed E-state index contributed by atoms with van der Waals surface area (Å²) in [4.78, 5) is 18.1. The predicted octanol–water partition coefficient (Wildman–Crippen LogP) is 2.38. The number of rotatable bonds is 3. The van der Waals surface area contributed by atoms with E-state index in [-0.39, 0.29) is 23.6 Å². The Kier molecular flexibility index (Phi) is 4.24. The zero-order valence-corrected chi connectivity index (χ0v) is 14.1. The normalized spacial score (nSPS) is 21.3. The standard InChI is InChI=1S/C19H19FN2O4/c20-16-5-2-7-21-17(16)26-15-6-8-25-19(10-15)11-22(12-19)18(24)13-3-1-4-14(23)9-13/h1-5,7,9,15,23H,6,8,10-12H2. The third-order valence-electron chi connectivity index (χ3n) is 4.79. The molecule has 4 rings (SSSR count). The molecule has 6 nitrogen and oxygen atoms in total. The largest absolute Gasteiger partial charge is 0.508 e. The summed E-state index contributed by atoms with van der Waals surface area (Å²) in [5, 5.41) is 9.53. The first kappa shape index (κ1) is 16.8. The smallest absolute Gasteiger partial charge is 0.254 e. The van der Waals surface area contributed by atoms with E-state index in [9.17, 15) is 14.3 Å². The average Bonchev–Trinajstić information content (AvgIpc) is 2.61. The second kappa shape index (κ2) is 6.57. The average molecular weight is 358 g/mol. The van der Waals surface area contributed by atoms with E-state index in [1.165, 1.54) is 30.5 Å². The van der Waals surface area contributed by atoms with Crippen molar-refractivity contribution in [2.45, 2.75) is 24.5 Å². The van der Waals surface area contributed by atoms with Crippen LogP contribution in [0, 0.1) is 5.82 Å². The van der Waals surface area contributed by atoms with Crippen LogP contribution in [0.4, 0.5) is 4.39 Å². The summed E-state index contributed by atoms with van der Waals surface area (Å²) < 4.78 is 25.3. The summed E-state index contributed by atoms with van der Waals surface area (Å²) in [6.45, 7) is 1.39. The third-order valence-corrected chi connectivity index (χ3v) is 4.79. The number of phenolic OH excluding ortho intramolecular Hbond substituents is 1. The molecule has 1 aromatic heterocycles. The molecule has 136 valence electrons. The minimum absolute atomic E-state index is 0.00145. The summed E-state index contributed by atoms with van der Waals surface area (Å²) >= 11 is 0. The molecule has 0 saturated carbocycles. The monoisotopic (exact) mass is 358 g/mol. The number of pyridine rings is 1. The Balaban J connectivity index is 1.38. The van der Waals surface area contributed by atoms with Gasteiger partial charge in [0.1, 0.15) is 17.5 Å². The fraction of sp³-hybridized carbons (Fsp3) is 0.368. The maximum atomic E-state index is 13.7. The Morgan fingerprint density at radius 1 is 1.35 bits per heavy atom. The SMILES string of the molecule is O=C(c1cccc(O)c1)N1CC2(CC(Oc3ncccc3F)CCO2)C1. The molecule has 7 heteroatoms. The van der Waals surface area contributed by atoms with Crippen molar-refractivity contribution in [2.75, 3.05) is 19.7 Å². The number of nitrogens with zero attached hydrogens (tertiary/aromatic N) is 2. The molecule has 3 heterocycles. The van der Waals surface area contributed by atoms with Gasteiger partial charge in [0.2, 0.25) is 0 Å². The third kappa shape index (κ3) is 3.22. The van der Waals surface area contributed by atoms with Gasteiger partial charge in [-0.05, 0) is 30.3 Å². The van der Waals surface area contributed by atoms with Gasteiger partial charge in [0.25, 0.3) is 11.8 Å². The summed E-state index contributed by atoms with van der Waals surface area (Å²) in [7, 11) is 0. The molecule has 1 unspecified atom stereocenters. The van der Waals surface area contributed by atoms with E-state index in [0.29, 0.717) is 38.1 Å². The highest BCUT2D eigenvalue weighted by Gasteiger charge is 2.50. The van der Waals surface area contributed by atoms with Crippen LogP contribution in [0.25, 0.3) is 0 Å². The van der Waals surface area contributed by atoms with Gasteiger partial charge in [0.05, 0.1) is 19.7 Å². The molecule has 2 aliphatic heterocycles. The molecule has 26 heavy (non-hydrogen) atoms. The van der Waals surface area contributed by atoms with Crippen molar-refractivity contribution in [3.63, 3.8) is 0 Å². The molecular formula is C19H19FN2O4. The van der Waals surface area contributed by atoms with Gasteiger partial charge in [0.15, 0.2) is 5.82 Å². The highest BCUT2D eigenvalue weighted by molar-refractivity contribution is 5.95. The summed E-state index contributed by atoms with van der Waals surface area (Å²) in [6.07, 6.45) is 2.52. The lowest BCUT2D eigenvalue weighted by Crippen LogP contribution is -2.67. The van der Waals surface area contributed by atoms with Gasteiger partial charge in [-0.2, -0.15) is 0 Å². The summed E-state index contributed by atoms with van der Waals surface area (Å²) in [5.41, 5.74) is -0.0141. The van der Waals surface area contributed by atoms with Crippen LogP contribution in [0.15, 0.2) is 42.6 Å². The number of ether oxygens (including phenoxy) is 2. The molecule has 2 aromatic rings. The molecule has 1 amide bonds.